The number of nitro groups is 1. The Morgan fingerprint density at radius 1 is 1.20 bits per heavy atom. The van der Waals surface area contributed by atoms with Crippen LogP contribution in [-0.2, 0) is 0 Å². The van der Waals surface area contributed by atoms with Gasteiger partial charge < -0.3 is 4.74 Å². The molecule has 0 aliphatic heterocycles. The molecular formula is C16H13FN4O3S. The SMILES string of the molecule is O=[N+]([O-])c1ccccc1OCCSc1n[nH]c(-c2ccccc2F)n1. The van der Waals surface area contributed by atoms with Crippen LogP contribution in [0.3, 0.4) is 0 Å². The van der Waals surface area contributed by atoms with Gasteiger partial charge in [0.15, 0.2) is 11.6 Å². The molecule has 0 unspecified atom stereocenters. The van der Waals surface area contributed by atoms with Crippen LogP contribution in [0.2, 0.25) is 0 Å². The van der Waals surface area contributed by atoms with Crippen LogP contribution in [0.1, 0.15) is 0 Å². The third kappa shape index (κ3) is 4.13. The Morgan fingerprint density at radius 2 is 1.96 bits per heavy atom. The Labute approximate surface area is 146 Å². The number of aromatic nitrogens is 3. The lowest BCUT2D eigenvalue weighted by molar-refractivity contribution is -0.385. The molecule has 3 rings (SSSR count). The van der Waals surface area contributed by atoms with Gasteiger partial charge in [0.1, 0.15) is 5.82 Å². The van der Waals surface area contributed by atoms with E-state index in [9.17, 15) is 14.5 Å². The highest BCUT2D eigenvalue weighted by molar-refractivity contribution is 7.99. The first-order valence-corrected chi connectivity index (χ1v) is 8.30. The van der Waals surface area contributed by atoms with Gasteiger partial charge in [-0.1, -0.05) is 36.0 Å². The van der Waals surface area contributed by atoms with E-state index in [-0.39, 0.29) is 23.9 Å². The number of nitro benzene ring substituents is 1. The number of ether oxygens (including phenoxy) is 1. The Kier molecular flexibility index (Phi) is 5.24. The van der Waals surface area contributed by atoms with E-state index in [4.69, 9.17) is 4.74 Å². The number of hydrogen-bond donors (Lipinski definition) is 1. The molecule has 25 heavy (non-hydrogen) atoms. The van der Waals surface area contributed by atoms with Crippen molar-refractivity contribution in [2.75, 3.05) is 12.4 Å². The fourth-order valence-corrected chi connectivity index (χ4v) is 2.71. The average Bonchev–Trinajstić information content (AvgIpc) is 3.08. The van der Waals surface area contributed by atoms with Crippen molar-refractivity contribution in [3.8, 4) is 17.1 Å². The average molecular weight is 360 g/mol. The summed E-state index contributed by atoms with van der Waals surface area (Å²) in [7, 11) is 0. The lowest BCUT2D eigenvalue weighted by atomic mass is 10.2. The van der Waals surface area contributed by atoms with Crippen molar-refractivity contribution in [2.24, 2.45) is 0 Å². The van der Waals surface area contributed by atoms with Crippen molar-refractivity contribution < 1.29 is 14.1 Å². The second kappa shape index (κ2) is 7.75. The topological polar surface area (TPSA) is 93.9 Å². The van der Waals surface area contributed by atoms with Crippen LogP contribution >= 0.6 is 11.8 Å². The van der Waals surface area contributed by atoms with Gasteiger partial charge in [-0.05, 0) is 18.2 Å². The Morgan fingerprint density at radius 3 is 2.76 bits per heavy atom. The maximum absolute atomic E-state index is 13.7. The van der Waals surface area contributed by atoms with Crippen molar-refractivity contribution in [1.29, 1.82) is 0 Å². The van der Waals surface area contributed by atoms with Gasteiger partial charge in [-0.2, -0.15) is 0 Å². The summed E-state index contributed by atoms with van der Waals surface area (Å²) in [4.78, 5) is 14.6. The fraction of sp³-hybridized carbons (Fsp3) is 0.125. The molecule has 0 amide bonds. The zero-order valence-corrected chi connectivity index (χ0v) is 13.7. The molecule has 2 aromatic carbocycles. The molecule has 0 atom stereocenters. The summed E-state index contributed by atoms with van der Waals surface area (Å²) in [5.41, 5.74) is 0.269. The number of para-hydroxylation sites is 2. The predicted molar refractivity (Wildman–Crippen MR) is 91.1 cm³/mol. The minimum atomic E-state index is -0.488. The van der Waals surface area contributed by atoms with Gasteiger partial charge >= 0.3 is 5.69 Å². The number of aromatic amines is 1. The molecule has 9 heteroatoms. The van der Waals surface area contributed by atoms with Gasteiger partial charge in [0, 0.05) is 11.8 Å². The van der Waals surface area contributed by atoms with E-state index >= 15 is 0 Å². The maximum Gasteiger partial charge on any atom is 0.310 e. The van der Waals surface area contributed by atoms with Crippen LogP contribution in [0.4, 0.5) is 10.1 Å². The number of benzene rings is 2. The third-order valence-electron chi connectivity index (χ3n) is 3.23. The second-order valence-electron chi connectivity index (χ2n) is 4.87. The lowest BCUT2D eigenvalue weighted by Crippen LogP contribution is -2.02. The highest BCUT2D eigenvalue weighted by Gasteiger charge is 2.14. The molecule has 128 valence electrons. The molecule has 0 radical (unpaired) electrons. The fourth-order valence-electron chi connectivity index (χ4n) is 2.10. The molecule has 0 aliphatic carbocycles. The van der Waals surface area contributed by atoms with E-state index < -0.39 is 4.92 Å². The minimum Gasteiger partial charge on any atom is -0.486 e. The van der Waals surface area contributed by atoms with Gasteiger partial charge in [0.25, 0.3) is 0 Å². The molecular weight excluding hydrogens is 347 g/mol. The maximum atomic E-state index is 13.7. The van der Waals surface area contributed by atoms with Crippen molar-refractivity contribution in [3.63, 3.8) is 0 Å². The first-order valence-electron chi connectivity index (χ1n) is 7.31. The van der Waals surface area contributed by atoms with Crippen LogP contribution in [-0.4, -0.2) is 32.5 Å². The monoisotopic (exact) mass is 360 g/mol. The standard InChI is InChI=1S/C16H13FN4O3S/c17-12-6-2-1-5-11(12)15-18-16(20-19-15)25-10-9-24-14-8-4-3-7-13(14)21(22)23/h1-8H,9-10H2,(H,18,19,20). The zero-order chi connectivity index (χ0) is 17.6. The largest absolute Gasteiger partial charge is 0.486 e. The number of halogens is 1. The first-order chi connectivity index (χ1) is 12.1. The highest BCUT2D eigenvalue weighted by atomic mass is 32.2. The molecule has 1 aromatic heterocycles. The number of nitrogens with one attached hydrogen (secondary N) is 1. The minimum absolute atomic E-state index is 0.0766. The van der Waals surface area contributed by atoms with Crippen LogP contribution in [0.25, 0.3) is 11.4 Å². The number of H-pyrrole nitrogens is 1. The van der Waals surface area contributed by atoms with Crippen LogP contribution in [0.5, 0.6) is 5.75 Å². The molecule has 0 bridgehead atoms. The van der Waals surface area contributed by atoms with Crippen molar-refractivity contribution in [3.05, 3.63) is 64.5 Å². The van der Waals surface area contributed by atoms with Crippen molar-refractivity contribution >= 4 is 17.4 Å². The molecule has 0 saturated heterocycles. The van der Waals surface area contributed by atoms with E-state index in [1.807, 2.05) is 0 Å². The molecule has 0 fully saturated rings. The molecule has 0 aliphatic rings. The molecule has 7 nitrogen and oxygen atoms in total. The molecule has 1 heterocycles. The predicted octanol–water partition coefficient (Wildman–Crippen LogP) is 3.69. The lowest BCUT2D eigenvalue weighted by Gasteiger charge is -2.05. The van der Waals surface area contributed by atoms with E-state index in [0.29, 0.717) is 22.3 Å². The quantitative estimate of drug-likeness (QED) is 0.299. The summed E-state index contributed by atoms with van der Waals surface area (Å²) in [5, 5.41) is 18.1. The summed E-state index contributed by atoms with van der Waals surface area (Å²) in [6.07, 6.45) is 0. The smallest absolute Gasteiger partial charge is 0.310 e. The molecule has 0 spiro atoms. The number of hydrogen-bond acceptors (Lipinski definition) is 6. The summed E-state index contributed by atoms with van der Waals surface area (Å²) in [6.45, 7) is 0.249. The zero-order valence-electron chi connectivity index (χ0n) is 12.9. The van der Waals surface area contributed by atoms with E-state index in [0.717, 1.165) is 0 Å². The van der Waals surface area contributed by atoms with Gasteiger partial charge in [-0.15, -0.1) is 5.10 Å². The van der Waals surface area contributed by atoms with E-state index in [2.05, 4.69) is 15.2 Å². The normalized spacial score (nSPS) is 10.6. The molecule has 0 saturated carbocycles. The van der Waals surface area contributed by atoms with E-state index in [1.54, 1.807) is 36.4 Å². The van der Waals surface area contributed by atoms with Gasteiger partial charge in [0.2, 0.25) is 5.16 Å². The van der Waals surface area contributed by atoms with Crippen LogP contribution in [0.15, 0.2) is 53.7 Å². The van der Waals surface area contributed by atoms with Crippen LogP contribution < -0.4 is 4.74 Å². The highest BCUT2D eigenvalue weighted by Crippen LogP contribution is 2.26. The first kappa shape index (κ1) is 16.9. The Balaban J connectivity index is 1.56. The molecule has 3 aromatic rings. The van der Waals surface area contributed by atoms with Gasteiger partial charge in [0.05, 0.1) is 17.1 Å². The summed E-state index contributed by atoms with van der Waals surface area (Å²) >= 11 is 1.30. The van der Waals surface area contributed by atoms with Crippen LogP contribution in [0, 0.1) is 15.9 Å². The number of nitrogens with zero attached hydrogens (tertiary/aromatic N) is 3. The second-order valence-corrected chi connectivity index (χ2v) is 5.93. The van der Waals surface area contributed by atoms with E-state index in [1.165, 1.54) is 23.9 Å². The third-order valence-corrected chi connectivity index (χ3v) is 4.04. The Hall–Kier alpha value is -2.94. The molecule has 1 N–H and O–H groups in total. The van der Waals surface area contributed by atoms with Gasteiger partial charge in [-0.3, -0.25) is 15.2 Å². The van der Waals surface area contributed by atoms with Crippen molar-refractivity contribution in [1.82, 2.24) is 15.2 Å². The number of thioether (sulfide) groups is 1. The summed E-state index contributed by atoms with van der Waals surface area (Å²) < 4.78 is 19.2. The summed E-state index contributed by atoms with van der Waals surface area (Å²) in [6, 6.07) is 12.5. The van der Waals surface area contributed by atoms with Gasteiger partial charge in [-0.25, -0.2) is 9.37 Å². The van der Waals surface area contributed by atoms with Crippen molar-refractivity contribution in [2.45, 2.75) is 5.16 Å². The number of rotatable bonds is 7. The Bertz CT molecular complexity index is 887. The summed E-state index contributed by atoms with van der Waals surface area (Å²) in [5.74, 6) is 0.672.